The fourth-order valence-electron chi connectivity index (χ4n) is 3.13. The molecule has 4 heteroatoms. The van der Waals surface area contributed by atoms with Crippen LogP contribution in [0.1, 0.15) is 31.0 Å². The van der Waals surface area contributed by atoms with Gasteiger partial charge in [-0.15, -0.1) is 0 Å². The van der Waals surface area contributed by atoms with E-state index in [-0.39, 0.29) is 11.9 Å². The molecule has 2 aromatic rings. The van der Waals surface area contributed by atoms with Gasteiger partial charge in [0.15, 0.2) is 0 Å². The van der Waals surface area contributed by atoms with Gasteiger partial charge in [-0.1, -0.05) is 12.1 Å². The standard InChI is InChI=1S/C19H22N2O2/c1-12(20)14-5-7-19(23-3)17(11-14)15-4-6-18-16(10-15)8-9-21(18)13(2)22/h4-7,10-12H,8-9,20H2,1-3H3. The second kappa shape index (κ2) is 6.05. The number of fused-ring (bicyclic) bond motifs is 1. The van der Waals surface area contributed by atoms with Crippen LogP contribution in [0.5, 0.6) is 5.75 Å². The maximum Gasteiger partial charge on any atom is 0.223 e. The highest BCUT2D eigenvalue weighted by atomic mass is 16.5. The molecule has 1 amide bonds. The summed E-state index contributed by atoms with van der Waals surface area (Å²) in [4.78, 5) is 13.5. The van der Waals surface area contributed by atoms with E-state index in [2.05, 4.69) is 12.1 Å². The van der Waals surface area contributed by atoms with Gasteiger partial charge < -0.3 is 15.4 Å². The molecular formula is C19H22N2O2. The predicted octanol–water partition coefficient (Wildman–Crippen LogP) is 3.29. The van der Waals surface area contributed by atoms with Crippen LogP contribution in [0.25, 0.3) is 11.1 Å². The summed E-state index contributed by atoms with van der Waals surface area (Å²) in [6, 6.07) is 12.2. The van der Waals surface area contributed by atoms with E-state index in [1.807, 2.05) is 36.1 Å². The molecule has 23 heavy (non-hydrogen) atoms. The van der Waals surface area contributed by atoms with Crippen LogP contribution < -0.4 is 15.4 Å². The maximum atomic E-state index is 11.7. The first-order chi connectivity index (χ1) is 11.0. The number of nitrogens with zero attached hydrogens (tertiary/aromatic N) is 1. The number of carbonyl (C=O) groups is 1. The predicted molar refractivity (Wildman–Crippen MR) is 92.8 cm³/mol. The molecule has 2 N–H and O–H groups in total. The lowest BCUT2D eigenvalue weighted by Crippen LogP contribution is -2.25. The summed E-state index contributed by atoms with van der Waals surface area (Å²) >= 11 is 0. The maximum absolute atomic E-state index is 11.7. The highest BCUT2D eigenvalue weighted by Crippen LogP contribution is 2.37. The Morgan fingerprint density at radius 1 is 1.26 bits per heavy atom. The van der Waals surface area contributed by atoms with Crippen LogP contribution in [-0.4, -0.2) is 19.6 Å². The van der Waals surface area contributed by atoms with Crippen molar-refractivity contribution < 1.29 is 9.53 Å². The molecule has 0 bridgehead atoms. The number of amides is 1. The number of hydrogen-bond acceptors (Lipinski definition) is 3. The Bertz CT molecular complexity index is 753. The topological polar surface area (TPSA) is 55.6 Å². The first-order valence-corrected chi connectivity index (χ1v) is 7.86. The highest BCUT2D eigenvalue weighted by Gasteiger charge is 2.22. The van der Waals surface area contributed by atoms with Crippen molar-refractivity contribution in [3.63, 3.8) is 0 Å². The zero-order valence-corrected chi connectivity index (χ0v) is 13.8. The summed E-state index contributed by atoms with van der Waals surface area (Å²) in [5.74, 6) is 0.920. The zero-order valence-electron chi connectivity index (χ0n) is 13.8. The third kappa shape index (κ3) is 2.82. The minimum atomic E-state index is -0.0257. The van der Waals surface area contributed by atoms with Crippen molar-refractivity contribution >= 4 is 11.6 Å². The van der Waals surface area contributed by atoms with Crippen LogP contribution >= 0.6 is 0 Å². The molecule has 0 saturated carbocycles. The summed E-state index contributed by atoms with van der Waals surface area (Å²) < 4.78 is 5.51. The van der Waals surface area contributed by atoms with Crippen LogP contribution in [0.2, 0.25) is 0 Å². The summed E-state index contributed by atoms with van der Waals surface area (Å²) in [5.41, 5.74) is 11.4. The largest absolute Gasteiger partial charge is 0.496 e. The molecule has 0 fully saturated rings. The zero-order chi connectivity index (χ0) is 16.6. The van der Waals surface area contributed by atoms with Gasteiger partial charge in [-0.2, -0.15) is 0 Å². The first-order valence-electron chi connectivity index (χ1n) is 7.86. The van der Waals surface area contributed by atoms with Gasteiger partial charge in [0.1, 0.15) is 5.75 Å². The summed E-state index contributed by atoms with van der Waals surface area (Å²) in [5, 5.41) is 0. The molecule has 120 valence electrons. The minimum absolute atomic E-state index is 0.0257. The molecule has 0 aliphatic carbocycles. The molecule has 1 aliphatic heterocycles. The van der Waals surface area contributed by atoms with Crippen LogP contribution in [0.15, 0.2) is 36.4 Å². The van der Waals surface area contributed by atoms with E-state index < -0.39 is 0 Å². The van der Waals surface area contributed by atoms with Crippen molar-refractivity contribution in [3.05, 3.63) is 47.5 Å². The number of rotatable bonds is 3. The molecule has 1 atom stereocenters. The van der Waals surface area contributed by atoms with E-state index in [4.69, 9.17) is 10.5 Å². The number of hydrogen-bond donors (Lipinski definition) is 1. The lowest BCUT2D eigenvalue weighted by Gasteiger charge is -2.16. The van der Waals surface area contributed by atoms with Crippen LogP contribution in [0.3, 0.4) is 0 Å². The smallest absolute Gasteiger partial charge is 0.223 e. The molecule has 0 spiro atoms. The Hall–Kier alpha value is -2.33. The molecule has 0 radical (unpaired) electrons. The van der Waals surface area contributed by atoms with Crippen molar-refractivity contribution in [3.8, 4) is 16.9 Å². The Balaban J connectivity index is 2.06. The molecule has 1 heterocycles. The van der Waals surface area contributed by atoms with E-state index >= 15 is 0 Å². The number of ether oxygens (including phenoxy) is 1. The van der Waals surface area contributed by atoms with Crippen LogP contribution in [0, 0.1) is 0 Å². The third-order valence-electron chi connectivity index (χ3n) is 4.42. The van der Waals surface area contributed by atoms with Gasteiger partial charge in [-0.3, -0.25) is 4.79 Å². The van der Waals surface area contributed by atoms with E-state index in [9.17, 15) is 4.79 Å². The SMILES string of the molecule is COc1ccc(C(C)N)cc1-c1ccc2c(c1)CCN2C(C)=O. The number of nitrogens with two attached hydrogens (primary N) is 1. The lowest BCUT2D eigenvalue weighted by atomic mass is 9.97. The number of methoxy groups -OCH3 is 1. The monoisotopic (exact) mass is 310 g/mol. The number of anilines is 1. The number of carbonyl (C=O) groups excluding carboxylic acids is 1. The molecule has 1 aliphatic rings. The Labute approximate surface area is 136 Å². The molecule has 0 aromatic heterocycles. The third-order valence-corrected chi connectivity index (χ3v) is 4.42. The summed E-state index contributed by atoms with van der Waals surface area (Å²) in [6.07, 6.45) is 0.887. The van der Waals surface area contributed by atoms with E-state index in [1.54, 1.807) is 14.0 Å². The Morgan fingerprint density at radius 3 is 2.70 bits per heavy atom. The Morgan fingerprint density at radius 2 is 2.04 bits per heavy atom. The van der Waals surface area contributed by atoms with E-state index in [0.717, 1.165) is 41.1 Å². The van der Waals surface area contributed by atoms with Gasteiger partial charge in [0.2, 0.25) is 5.91 Å². The highest BCUT2D eigenvalue weighted by molar-refractivity contribution is 5.94. The Kier molecular flexibility index (Phi) is 4.09. The number of benzene rings is 2. The average Bonchev–Trinajstić information content (AvgIpc) is 2.97. The van der Waals surface area contributed by atoms with Gasteiger partial charge in [0.25, 0.3) is 0 Å². The first kappa shape index (κ1) is 15.6. The van der Waals surface area contributed by atoms with Crippen molar-refractivity contribution in [2.75, 3.05) is 18.6 Å². The van der Waals surface area contributed by atoms with Crippen LogP contribution in [-0.2, 0) is 11.2 Å². The molecular weight excluding hydrogens is 288 g/mol. The second-order valence-corrected chi connectivity index (χ2v) is 6.01. The molecule has 4 nitrogen and oxygen atoms in total. The van der Waals surface area contributed by atoms with Crippen molar-refractivity contribution in [2.45, 2.75) is 26.3 Å². The van der Waals surface area contributed by atoms with Crippen molar-refractivity contribution in [2.24, 2.45) is 5.73 Å². The van der Waals surface area contributed by atoms with Crippen molar-refractivity contribution in [1.82, 2.24) is 0 Å². The molecule has 3 rings (SSSR count). The van der Waals surface area contributed by atoms with Gasteiger partial charge in [0, 0.05) is 30.8 Å². The fraction of sp³-hybridized carbons (Fsp3) is 0.316. The fourth-order valence-corrected chi connectivity index (χ4v) is 3.13. The summed E-state index contributed by atoms with van der Waals surface area (Å²) in [6.45, 7) is 4.34. The van der Waals surface area contributed by atoms with Gasteiger partial charge in [-0.05, 0) is 54.3 Å². The summed E-state index contributed by atoms with van der Waals surface area (Å²) in [7, 11) is 1.68. The lowest BCUT2D eigenvalue weighted by molar-refractivity contribution is -0.116. The van der Waals surface area contributed by atoms with Gasteiger partial charge >= 0.3 is 0 Å². The van der Waals surface area contributed by atoms with E-state index in [0.29, 0.717) is 0 Å². The second-order valence-electron chi connectivity index (χ2n) is 6.01. The molecule has 0 saturated heterocycles. The van der Waals surface area contributed by atoms with Gasteiger partial charge in [-0.25, -0.2) is 0 Å². The van der Waals surface area contributed by atoms with Crippen LogP contribution in [0.4, 0.5) is 5.69 Å². The average molecular weight is 310 g/mol. The quantitative estimate of drug-likeness (QED) is 0.946. The van der Waals surface area contributed by atoms with Gasteiger partial charge in [0.05, 0.1) is 7.11 Å². The molecule has 1 unspecified atom stereocenters. The minimum Gasteiger partial charge on any atom is -0.496 e. The van der Waals surface area contributed by atoms with Crippen molar-refractivity contribution in [1.29, 1.82) is 0 Å². The van der Waals surface area contributed by atoms with E-state index in [1.165, 1.54) is 5.56 Å². The molecule has 2 aromatic carbocycles. The normalized spacial score (nSPS) is 14.5.